The van der Waals surface area contributed by atoms with E-state index in [-0.39, 0.29) is 11.7 Å². The van der Waals surface area contributed by atoms with Crippen molar-refractivity contribution in [2.75, 3.05) is 6.54 Å². The van der Waals surface area contributed by atoms with E-state index in [9.17, 15) is 27.6 Å². The van der Waals surface area contributed by atoms with E-state index < -0.39 is 51.2 Å². The third-order valence-electron chi connectivity index (χ3n) is 7.67. The highest BCUT2D eigenvalue weighted by atomic mass is 32.2. The van der Waals surface area contributed by atoms with Crippen LogP contribution in [0.2, 0.25) is 0 Å². The molecule has 3 N–H and O–H groups in total. The summed E-state index contributed by atoms with van der Waals surface area (Å²) < 4.78 is 32.8. The smallest absolute Gasteiger partial charge is 0.408 e. The van der Waals surface area contributed by atoms with E-state index >= 15 is 0 Å². The summed E-state index contributed by atoms with van der Waals surface area (Å²) in [6, 6.07) is 6.83. The number of unbranched alkanes of at least 4 members (excludes halogenated alkanes) is 5. The zero-order chi connectivity index (χ0) is 31.7. The van der Waals surface area contributed by atoms with Crippen LogP contribution in [0.3, 0.4) is 0 Å². The van der Waals surface area contributed by atoms with Gasteiger partial charge in [0, 0.05) is 6.54 Å². The minimum Gasteiger partial charge on any atom is -0.444 e. The van der Waals surface area contributed by atoms with Crippen molar-refractivity contribution in [3.8, 4) is 0 Å². The molecule has 1 aromatic rings. The highest BCUT2D eigenvalue weighted by Crippen LogP contribution is 2.36. The first-order valence-electron chi connectivity index (χ1n) is 15.5. The molecule has 1 aromatic carbocycles. The number of hydrogen-bond donors (Lipinski definition) is 3. The molecule has 1 heterocycles. The number of ether oxygens (including phenoxy) is 1. The number of benzene rings is 1. The summed E-state index contributed by atoms with van der Waals surface area (Å²) in [5, 5.41) is 5.46. The van der Waals surface area contributed by atoms with Crippen LogP contribution < -0.4 is 15.4 Å². The van der Waals surface area contributed by atoms with Gasteiger partial charge in [0.1, 0.15) is 23.2 Å². The van der Waals surface area contributed by atoms with Crippen molar-refractivity contribution in [3.63, 3.8) is 0 Å². The number of hydrogen-bond acceptors (Lipinski definition) is 7. The minimum absolute atomic E-state index is 0.299. The summed E-state index contributed by atoms with van der Waals surface area (Å²) in [5.41, 5.74) is -1.53. The monoisotopic (exact) mass is 620 g/mol. The largest absolute Gasteiger partial charge is 0.444 e. The second-order valence-electron chi connectivity index (χ2n) is 12.7. The van der Waals surface area contributed by atoms with Gasteiger partial charge in [0.05, 0.1) is 5.75 Å². The lowest BCUT2D eigenvalue weighted by molar-refractivity contribution is -0.141. The number of rotatable bonds is 15. The van der Waals surface area contributed by atoms with Crippen molar-refractivity contribution in [1.82, 2.24) is 20.3 Å². The number of nitrogens with one attached hydrogen (secondary N) is 3. The number of carbonyl (C=O) groups excluding carboxylic acids is 4. The molecule has 1 aliphatic heterocycles. The zero-order valence-electron chi connectivity index (χ0n) is 25.9. The van der Waals surface area contributed by atoms with Crippen LogP contribution >= 0.6 is 0 Å². The first kappa shape index (κ1) is 34.3. The summed E-state index contributed by atoms with van der Waals surface area (Å²) in [7, 11) is -3.98. The van der Waals surface area contributed by atoms with Crippen molar-refractivity contribution in [1.29, 1.82) is 0 Å². The normalized spacial score (nSPS) is 18.4. The quantitative estimate of drug-likeness (QED) is 0.252. The van der Waals surface area contributed by atoms with Gasteiger partial charge in [-0.3, -0.25) is 19.1 Å². The molecule has 1 saturated carbocycles. The van der Waals surface area contributed by atoms with Crippen LogP contribution in [0.15, 0.2) is 30.3 Å². The first-order chi connectivity index (χ1) is 20.3. The SMILES string of the molecule is CCCCCCCC[C@H](NC(=O)OC(C)(C)C)C(=O)N1CCC[C@H]1C(=O)NC1(C(=O)NS(=O)(=O)Cc2ccccc2)CC1. The Labute approximate surface area is 255 Å². The molecule has 1 saturated heterocycles. The molecule has 240 valence electrons. The van der Waals surface area contributed by atoms with Crippen LogP contribution in [0.5, 0.6) is 0 Å². The number of nitrogens with zero attached hydrogens (tertiary/aromatic N) is 1. The van der Waals surface area contributed by atoms with Crippen LogP contribution in [-0.2, 0) is 34.9 Å². The molecule has 2 aliphatic rings. The fourth-order valence-electron chi connectivity index (χ4n) is 5.26. The number of alkyl carbamates (subject to hydrolysis) is 1. The van der Waals surface area contributed by atoms with E-state index in [0.717, 1.165) is 38.5 Å². The van der Waals surface area contributed by atoms with E-state index in [1.165, 1.54) is 4.90 Å². The molecule has 1 aliphatic carbocycles. The topological polar surface area (TPSA) is 151 Å². The predicted octanol–water partition coefficient (Wildman–Crippen LogP) is 3.92. The average molecular weight is 621 g/mol. The van der Waals surface area contributed by atoms with Gasteiger partial charge in [-0.1, -0.05) is 75.8 Å². The number of likely N-dealkylation sites (tertiary alicyclic amines) is 1. The third kappa shape index (κ3) is 10.8. The molecule has 3 rings (SSSR count). The molecule has 0 radical (unpaired) electrons. The van der Waals surface area contributed by atoms with Crippen LogP contribution in [0.25, 0.3) is 0 Å². The summed E-state index contributed by atoms with van der Waals surface area (Å²) >= 11 is 0. The number of carbonyl (C=O) groups is 4. The van der Waals surface area contributed by atoms with E-state index in [2.05, 4.69) is 22.3 Å². The molecular formula is C31H48N4O7S. The first-order valence-corrected chi connectivity index (χ1v) is 17.1. The Balaban J connectivity index is 1.63. The molecule has 0 aromatic heterocycles. The maximum atomic E-state index is 13.7. The fraction of sp³-hybridized carbons (Fsp3) is 0.677. The fourth-order valence-corrected chi connectivity index (χ4v) is 6.44. The van der Waals surface area contributed by atoms with E-state index in [0.29, 0.717) is 44.2 Å². The Morgan fingerprint density at radius 1 is 1.02 bits per heavy atom. The molecule has 0 bridgehead atoms. The Bertz CT molecular complexity index is 1230. The van der Waals surface area contributed by atoms with Gasteiger partial charge in [0.25, 0.3) is 5.91 Å². The zero-order valence-corrected chi connectivity index (χ0v) is 26.8. The summed E-state index contributed by atoms with van der Waals surface area (Å²) in [6.45, 7) is 7.72. The van der Waals surface area contributed by atoms with Gasteiger partial charge < -0.3 is 20.3 Å². The van der Waals surface area contributed by atoms with Gasteiger partial charge >= 0.3 is 6.09 Å². The molecule has 2 atom stereocenters. The maximum absolute atomic E-state index is 13.7. The van der Waals surface area contributed by atoms with Crippen LogP contribution in [0, 0.1) is 0 Å². The van der Waals surface area contributed by atoms with Crippen molar-refractivity contribution in [2.45, 2.75) is 127 Å². The predicted molar refractivity (Wildman–Crippen MR) is 163 cm³/mol. The van der Waals surface area contributed by atoms with Crippen LogP contribution in [-0.4, -0.2) is 66.9 Å². The maximum Gasteiger partial charge on any atom is 0.408 e. The Morgan fingerprint density at radius 3 is 2.30 bits per heavy atom. The highest BCUT2D eigenvalue weighted by molar-refractivity contribution is 7.89. The van der Waals surface area contributed by atoms with Crippen LogP contribution in [0.4, 0.5) is 4.79 Å². The van der Waals surface area contributed by atoms with Gasteiger partial charge in [-0.05, 0) is 58.4 Å². The molecular weight excluding hydrogens is 572 g/mol. The standard InChI is InChI=1S/C31H48N4O7S/c1-5-6-7-8-9-13-17-24(32-29(39)42-30(2,3)4)27(37)35-21-14-18-25(35)26(36)33-31(19-20-31)28(38)34-43(40,41)22-23-15-11-10-12-16-23/h10-12,15-16,24-25H,5-9,13-14,17-22H2,1-4H3,(H,32,39)(H,33,36)(H,34,38)/t24-,25-/m0/s1. The van der Waals surface area contributed by atoms with Gasteiger partial charge in [0.15, 0.2) is 0 Å². The van der Waals surface area contributed by atoms with E-state index in [4.69, 9.17) is 4.74 Å². The lowest BCUT2D eigenvalue weighted by atomic mass is 10.0. The highest BCUT2D eigenvalue weighted by Gasteiger charge is 2.53. The van der Waals surface area contributed by atoms with Crippen molar-refractivity contribution < 1.29 is 32.3 Å². The summed E-state index contributed by atoms with van der Waals surface area (Å²) in [4.78, 5) is 54.2. The second-order valence-corrected chi connectivity index (χ2v) is 14.4. The van der Waals surface area contributed by atoms with Crippen LogP contribution in [0.1, 0.15) is 104 Å². The van der Waals surface area contributed by atoms with Gasteiger partial charge in [-0.15, -0.1) is 0 Å². The molecule has 0 spiro atoms. The summed E-state index contributed by atoms with van der Waals surface area (Å²) in [6.07, 6.45) is 7.42. The Morgan fingerprint density at radius 2 is 1.67 bits per heavy atom. The van der Waals surface area contributed by atoms with Crippen molar-refractivity contribution >= 4 is 33.8 Å². The van der Waals surface area contributed by atoms with Gasteiger partial charge in [0.2, 0.25) is 21.8 Å². The molecule has 43 heavy (non-hydrogen) atoms. The Kier molecular flexibility index (Phi) is 12.0. The minimum atomic E-state index is -3.98. The molecule has 11 nitrogen and oxygen atoms in total. The third-order valence-corrected chi connectivity index (χ3v) is 8.88. The molecule has 0 unspecified atom stereocenters. The molecule has 4 amide bonds. The van der Waals surface area contributed by atoms with Crippen molar-refractivity contribution in [2.24, 2.45) is 0 Å². The molecule has 12 heteroatoms. The van der Waals surface area contributed by atoms with E-state index in [1.54, 1.807) is 51.1 Å². The van der Waals surface area contributed by atoms with Gasteiger partial charge in [-0.2, -0.15) is 0 Å². The summed E-state index contributed by atoms with van der Waals surface area (Å²) in [5.74, 6) is -2.01. The van der Waals surface area contributed by atoms with Crippen molar-refractivity contribution in [3.05, 3.63) is 35.9 Å². The Hall–Kier alpha value is -3.15. The van der Waals surface area contributed by atoms with E-state index in [1.807, 2.05) is 0 Å². The molecule has 2 fully saturated rings. The lowest BCUT2D eigenvalue weighted by Crippen LogP contribution is -2.57. The number of sulfonamides is 1. The number of amides is 4. The second kappa shape index (κ2) is 15.0. The van der Waals surface area contributed by atoms with Gasteiger partial charge in [-0.25, -0.2) is 13.2 Å². The average Bonchev–Trinajstić information content (AvgIpc) is 3.53. The lowest BCUT2D eigenvalue weighted by Gasteiger charge is -2.30.